The Morgan fingerprint density at radius 3 is 2.76 bits per heavy atom. The Morgan fingerprint density at radius 2 is 2.07 bits per heavy atom. The number of methoxy groups -OCH3 is 1. The number of hydrogen-bond donors (Lipinski definition) is 2. The van der Waals surface area contributed by atoms with Gasteiger partial charge in [-0.15, -0.1) is 0 Å². The van der Waals surface area contributed by atoms with Crippen LogP contribution in [-0.4, -0.2) is 49.6 Å². The summed E-state index contributed by atoms with van der Waals surface area (Å²) in [6.45, 7) is 4.64. The highest BCUT2D eigenvalue weighted by Gasteiger charge is 2.31. The van der Waals surface area contributed by atoms with Gasteiger partial charge in [0.25, 0.3) is 0 Å². The van der Waals surface area contributed by atoms with Crippen LogP contribution in [0.25, 0.3) is 0 Å². The van der Waals surface area contributed by atoms with Crippen LogP contribution in [0.15, 0.2) is 23.2 Å². The van der Waals surface area contributed by atoms with Crippen LogP contribution in [0, 0.1) is 11.7 Å². The molecule has 6 nitrogen and oxygen atoms in total. The van der Waals surface area contributed by atoms with Gasteiger partial charge >= 0.3 is 0 Å². The first-order chi connectivity index (χ1) is 14.1. The van der Waals surface area contributed by atoms with Gasteiger partial charge in [-0.3, -0.25) is 4.79 Å². The first kappa shape index (κ1) is 21.4. The number of likely N-dealkylation sites (tertiary alicyclic amines) is 1. The highest BCUT2D eigenvalue weighted by molar-refractivity contribution is 5.81. The predicted molar refractivity (Wildman–Crippen MR) is 112 cm³/mol. The first-order valence-electron chi connectivity index (χ1n) is 10.8. The fourth-order valence-electron chi connectivity index (χ4n) is 4.18. The number of halogens is 1. The van der Waals surface area contributed by atoms with Crippen molar-refractivity contribution in [1.29, 1.82) is 0 Å². The molecule has 0 spiro atoms. The van der Waals surface area contributed by atoms with Gasteiger partial charge in [-0.25, -0.2) is 9.38 Å². The van der Waals surface area contributed by atoms with E-state index in [-0.39, 0.29) is 23.5 Å². The summed E-state index contributed by atoms with van der Waals surface area (Å²) in [6, 6.07) is 5.07. The zero-order valence-corrected chi connectivity index (χ0v) is 17.5. The molecule has 1 aromatic rings. The highest BCUT2D eigenvalue weighted by Crippen LogP contribution is 2.26. The molecule has 0 aromatic heterocycles. The molecular weight excluding hydrogens is 371 g/mol. The molecule has 7 heteroatoms. The number of aliphatic imine (C=N–C) groups is 1. The van der Waals surface area contributed by atoms with E-state index >= 15 is 0 Å². The maximum Gasteiger partial charge on any atom is 0.225 e. The first-order valence-corrected chi connectivity index (χ1v) is 10.8. The Balaban J connectivity index is 1.55. The summed E-state index contributed by atoms with van der Waals surface area (Å²) in [5.74, 6) is 1.09. The van der Waals surface area contributed by atoms with Crippen LogP contribution in [0.3, 0.4) is 0 Å². The van der Waals surface area contributed by atoms with Crippen molar-refractivity contribution in [3.05, 3.63) is 29.6 Å². The van der Waals surface area contributed by atoms with Gasteiger partial charge in [0.2, 0.25) is 5.91 Å². The van der Waals surface area contributed by atoms with Crippen LogP contribution < -0.4 is 15.4 Å². The smallest absolute Gasteiger partial charge is 0.225 e. The van der Waals surface area contributed by atoms with Gasteiger partial charge in [0.1, 0.15) is 0 Å². The van der Waals surface area contributed by atoms with Gasteiger partial charge in [0.05, 0.1) is 13.7 Å². The Morgan fingerprint density at radius 1 is 1.28 bits per heavy atom. The highest BCUT2D eigenvalue weighted by atomic mass is 19.1. The topological polar surface area (TPSA) is 66.0 Å². The van der Waals surface area contributed by atoms with E-state index < -0.39 is 0 Å². The number of nitrogens with one attached hydrogen (secondary N) is 2. The summed E-state index contributed by atoms with van der Waals surface area (Å²) in [5, 5.41) is 6.68. The molecule has 1 aliphatic heterocycles. The summed E-state index contributed by atoms with van der Waals surface area (Å²) < 4.78 is 18.8. The molecule has 2 N–H and O–H groups in total. The lowest BCUT2D eigenvalue weighted by Crippen LogP contribution is -2.45. The van der Waals surface area contributed by atoms with Crippen molar-refractivity contribution in [1.82, 2.24) is 15.5 Å². The molecular formula is C22H33FN4O2. The van der Waals surface area contributed by atoms with E-state index in [0.717, 1.165) is 44.5 Å². The van der Waals surface area contributed by atoms with E-state index in [4.69, 9.17) is 4.74 Å². The summed E-state index contributed by atoms with van der Waals surface area (Å²) in [5.41, 5.74) is 0.779. The quantitative estimate of drug-likeness (QED) is 0.565. The van der Waals surface area contributed by atoms with Gasteiger partial charge in [-0.2, -0.15) is 0 Å². The molecule has 0 radical (unpaired) electrons. The lowest BCUT2D eigenvalue weighted by molar-refractivity contribution is -0.135. The molecule has 2 aliphatic rings. The zero-order chi connectivity index (χ0) is 20.6. The number of carbonyl (C=O) groups is 1. The Labute approximate surface area is 172 Å². The number of guanidine groups is 1. The second-order valence-corrected chi connectivity index (χ2v) is 7.91. The molecule has 1 atom stereocenters. The number of amides is 1. The van der Waals surface area contributed by atoms with Gasteiger partial charge in [0.15, 0.2) is 17.5 Å². The number of hydrogen-bond acceptors (Lipinski definition) is 3. The van der Waals surface area contributed by atoms with Crippen LogP contribution >= 0.6 is 0 Å². The Kier molecular flexibility index (Phi) is 7.72. The minimum absolute atomic E-state index is 0.188. The number of benzene rings is 1. The third kappa shape index (κ3) is 5.84. The van der Waals surface area contributed by atoms with Gasteiger partial charge in [-0.05, 0) is 43.9 Å². The maximum absolute atomic E-state index is 13.9. The maximum atomic E-state index is 13.9. The minimum Gasteiger partial charge on any atom is -0.494 e. The summed E-state index contributed by atoms with van der Waals surface area (Å²) in [6.07, 6.45) is 6.60. The normalized spacial score (nSPS) is 20.6. The number of carbonyl (C=O) groups excluding carboxylic acids is 1. The molecule has 1 saturated carbocycles. The summed E-state index contributed by atoms with van der Waals surface area (Å²) >= 11 is 0. The van der Waals surface area contributed by atoms with E-state index in [0.29, 0.717) is 18.4 Å². The molecule has 0 bridgehead atoms. The monoisotopic (exact) mass is 404 g/mol. The van der Waals surface area contributed by atoms with Crippen molar-refractivity contribution in [3.63, 3.8) is 0 Å². The van der Waals surface area contributed by atoms with E-state index in [9.17, 15) is 9.18 Å². The SMILES string of the molecule is CCNC(=NCc1ccc(OC)c(F)c1)NC1CCN(C(=O)C2CCCCC2)C1. The fraction of sp³-hybridized carbons (Fsp3) is 0.636. The standard InChI is InChI=1S/C22H33FN4O2/c1-3-24-22(25-14-16-9-10-20(29-2)19(23)13-16)26-18-11-12-27(15-18)21(28)17-7-5-4-6-8-17/h9-10,13,17-18H,3-8,11-12,14-15H2,1-2H3,(H2,24,25,26). The summed E-state index contributed by atoms with van der Waals surface area (Å²) in [4.78, 5) is 19.4. The molecule has 29 heavy (non-hydrogen) atoms. The van der Waals surface area contributed by atoms with Crippen molar-refractivity contribution in [3.8, 4) is 5.75 Å². The summed E-state index contributed by atoms with van der Waals surface area (Å²) in [7, 11) is 1.45. The predicted octanol–water partition coefficient (Wildman–Crippen LogP) is 3.07. The third-order valence-corrected chi connectivity index (χ3v) is 5.78. The van der Waals surface area contributed by atoms with Gasteiger partial charge in [0, 0.05) is 31.6 Å². The van der Waals surface area contributed by atoms with Crippen molar-refractivity contribution in [2.75, 3.05) is 26.7 Å². The van der Waals surface area contributed by atoms with E-state index in [1.807, 2.05) is 17.9 Å². The van der Waals surface area contributed by atoms with Crippen molar-refractivity contribution < 1.29 is 13.9 Å². The fourth-order valence-corrected chi connectivity index (χ4v) is 4.18. The molecule has 1 heterocycles. The van der Waals surface area contributed by atoms with Crippen LogP contribution in [0.2, 0.25) is 0 Å². The minimum atomic E-state index is -0.384. The molecule has 1 aromatic carbocycles. The van der Waals surface area contributed by atoms with Crippen molar-refractivity contribution in [2.24, 2.45) is 10.9 Å². The average Bonchev–Trinajstić information content (AvgIpc) is 3.21. The number of ether oxygens (including phenoxy) is 1. The van der Waals surface area contributed by atoms with E-state index in [1.165, 1.54) is 32.4 Å². The lowest BCUT2D eigenvalue weighted by atomic mass is 9.88. The van der Waals surface area contributed by atoms with Crippen LogP contribution in [0.5, 0.6) is 5.75 Å². The second-order valence-electron chi connectivity index (χ2n) is 7.91. The van der Waals surface area contributed by atoms with Crippen molar-refractivity contribution in [2.45, 2.75) is 58.0 Å². The number of rotatable bonds is 6. The number of nitrogens with zero attached hydrogens (tertiary/aromatic N) is 2. The molecule has 1 amide bonds. The van der Waals surface area contributed by atoms with Crippen LogP contribution in [0.4, 0.5) is 4.39 Å². The Hall–Kier alpha value is -2.31. The second kappa shape index (κ2) is 10.5. The molecule has 1 unspecified atom stereocenters. The molecule has 1 saturated heterocycles. The average molecular weight is 405 g/mol. The lowest BCUT2D eigenvalue weighted by Gasteiger charge is -2.26. The molecule has 3 rings (SSSR count). The molecule has 160 valence electrons. The van der Waals surface area contributed by atoms with Crippen LogP contribution in [0.1, 0.15) is 51.0 Å². The van der Waals surface area contributed by atoms with E-state index in [1.54, 1.807) is 6.07 Å². The molecule has 1 aliphatic carbocycles. The molecule has 2 fully saturated rings. The van der Waals surface area contributed by atoms with Gasteiger partial charge in [-0.1, -0.05) is 25.3 Å². The Bertz CT molecular complexity index is 719. The van der Waals surface area contributed by atoms with Gasteiger partial charge < -0.3 is 20.3 Å². The van der Waals surface area contributed by atoms with Crippen LogP contribution in [-0.2, 0) is 11.3 Å². The largest absolute Gasteiger partial charge is 0.494 e. The third-order valence-electron chi connectivity index (χ3n) is 5.78. The van der Waals surface area contributed by atoms with E-state index in [2.05, 4.69) is 15.6 Å². The zero-order valence-electron chi connectivity index (χ0n) is 17.5. The van der Waals surface area contributed by atoms with Crippen molar-refractivity contribution >= 4 is 11.9 Å².